The van der Waals surface area contributed by atoms with E-state index >= 15 is 0 Å². The van der Waals surface area contributed by atoms with E-state index < -0.39 is 6.04 Å². The summed E-state index contributed by atoms with van der Waals surface area (Å²) in [6.07, 6.45) is 3.52. The number of hydrogen-bond acceptors (Lipinski definition) is 7. The van der Waals surface area contributed by atoms with Gasteiger partial charge >= 0.3 is 0 Å². The number of pyridine rings is 1. The minimum Gasteiger partial charge on any atom is -0.450 e. The number of carbonyl (C=O) groups is 1. The topological polar surface area (TPSA) is 89.5 Å². The molecule has 3 aromatic carbocycles. The zero-order chi connectivity index (χ0) is 29.3. The van der Waals surface area contributed by atoms with Crippen LogP contribution in [0.1, 0.15) is 24.3 Å². The van der Waals surface area contributed by atoms with E-state index in [1.165, 1.54) is 23.1 Å². The van der Waals surface area contributed by atoms with Gasteiger partial charge < -0.3 is 9.73 Å². The third-order valence-electron chi connectivity index (χ3n) is 7.10. The van der Waals surface area contributed by atoms with Gasteiger partial charge in [-0.2, -0.15) is 0 Å². The molecule has 0 radical (unpaired) electrons. The largest absolute Gasteiger partial charge is 0.450 e. The molecule has 1 atom stereocenters. The first kappa shape index (κ1) is 26.9. The lowest BCUT2D eigenvalue weighted by molar-refractivity contribution is -0.113. The van der Waals surface area contributed by atoms with Crippen LogP contribution in [0.25, 0.3) is 17.0 Å². The van der Waals surface area contributed by atoms with Crippen molar-refractivity contribution in [3.8, 4) is 0 Å². The van der Waals surface area contributed by atoms with Crippen LogP contribution >= 0.6 is 23.1 Å². The summed E-state index contributed by atoms with van der Waals surface area (Å²) in [5.41, 5.74) is 3.15. The molecule has 7 nitrogen and oxygen atoms in total. The van der Waals surface area contributed by atoms with Gasteiger partial charge in [0, 0.05) is 28.2 Å². The second-order valence-electron chi connectivity index (χ2n) is 9.90. The smallest absolute Gasteiger partial charge is 0.271 e. The van der Waals surface area contributed by atoms with Gasteiger partial charge in [0.1, 0.15) is 5.76 Å². The minimum absolute atomic E-state index is 0.237. The van der Waals surface area contributed by atoms with Gasteiger partial charge in [-0.15, -0.1) is 0 Å². The molecule has 3 aromatic heterocycles. The van der Waals surface area contributed by atoms with Gasteiger partial charge in [0.25, 0.3) is 11.5 Å². The average Bonchev–Trinajstić information content (AvgIpc) is 3.60. The Hall–Kier alpha value is -4.99. The first-order chi connectivity index (χ1) is 21.0. The summed E-state index contributed by atoms with van der Waals surface area (Å²) >= 11 is 2.76. The summed E-state index contributed by atoms with van der Waals surface area (Å²) in [4.78, 5) is 38.4. The van der Waals surface area contributed by atoms with E-state index in [9.17, 15) is 9.59 Å². The molecule has 0 aliphatic carbocycles. The van der Waals surface area contributed by atoms with E-state index in [1.807, 2.05) is 110 Å². The van der Waals surface area contributed by atoms with Crippen molar-refractivity contribution in [2.45, 2.75) is 23.0 Å². The van der Waals surface area contributed by atoms with Gasteiger partial charge in [-0.3, -0.25) is 19.1 Å². The molecule has 0 unspecified atom stereocenters. The zero-order valence-electron chi connectivity index (χ0n) is 22.9. The van der Waals surface area contributed by atoms with Crippen LogP contribution in [-0.2, 0) is 4.79 Å². The number of allylic oxidation sites excluding steroid dienone is 1. The number of carbonyl (C=O) groups excluding carboxylic acids is 1. The minimum atomic E-state index is -0.634. The number of nitrogens with zero attached hydrogens (tertiary/aromatic N) is 3. The molecule has 6 aromatic rings. The fourth-order valence-electron chi connectivity index (χ4n) is 5.15. The van der Waals surface area contributed by atoms with Crippen molar-refractivity contribution in [1.82, 2.24) is 9.55 Å². The van der Waals surface area contributed by atoms with E-state index in [-0.39, 0.29) is 11.5 Å². The SMILES string of the molecule is CC1=C(C(=O)Nc2ccccc2)[C@H](c2ccccc2)n2c(s/c(=C\c3ccc(Sc4cccc5cccnc45)o3)c2=O)=N1. The second kappa shape index (κ2) is 11.4. The Kier molecular flexibility index (Phi) is 7.10. The molecule has 1 aliphatic rings. The molecular weight excluding hydrogens is 577 g/mol. The first-order valence-electron chi connectivity index (χ1n) is 13.6. The van der Waals surface area contributed by atoms with Crippen LogP contribution in [-0.4, -0.2) is 15.5 Å². The van der Waals surface area contributed by atoms with Crippen molar-refractivity contribution in [1.29, 1.82) is 0 Å². The third-order valence-corrected chi connectivity index (χ3v) is 9.05. The van der Waals surface area contributed by atoms with E-state index in [2.05, 4.69) is 10.3 Å². The van der Waals surface area contributed by atoms with E-state index in [4.69, 9.17) is 9.41 Å². The van der Waals surface area contributed by atoms with Gasteiger partial charge in [0.15, 0.2) is 9.89 Å². The van der Waals surface area contributed by atoms with Crippen LogP contribution in [0.4, 0.5) is 5.69 Å². The summed E-state index contributed by atoms with van der Waals surface area (Å²) < 4.78 is 8.20. The predicted octanol–water partition coefficient (Wildman–Crippen LogP) is 6.17. The number of rotatable bonds is 6. The third kappa shape index (κ3) is 5.24. The van der Waals surface area contributed by atoms with Gasteiger partial charge in [-0.1, -0.05) is 78.1 Å². The summed E-state index contributed by atoms with van der Waals surface area (Å²) in [5, 5.41) is 4.72. The number of fused-ring (bicyclic) bond motifs is 2. The highest BCUT2D eigenvalue weighted by Crippen LogP contribution is 2.34. The normalized spacial score (nSPS) is 14.9. The van der Waals surface area contributed by atoms with Crippen LogP contribution in [0.5, 0.6) is 0 Å². The van der Waals surface area contributed by atoms with Gasteiger partial charge in [0.2, 0.25) is 0 Å². The lowest BCUT2D eigenvalue weighted by Gasteiger charge is -2.25. The summed E-state index contributed by atoms with van der Waals surface area (Å²) in [6.45, 7) is 1.81. The number of aromatic nitrogens is 2. The van der Waals surface area contributed by atoms with Crippen molar-refractivity contribution in [2.75, 3.05) is 5.32 Å². The van der Waals surface area contributed by atoms with Gasteiger partial charge in [-0.25, -0.2) is 4.99 Å². The Balaban J connectivity index is 1.26. The Bertz CT molecular complexity index is 2190. The second-order valence-corrected chi connectivity index (χ2v) is 12.0. The molecule has 0 bridgehead atoms. The molecule has 1 N–H and O–H groups in total. The predicted molar refractivity (Wildman–Crippen MR) is 170 cm³/mol. The van der Waals surface area contributed by atoms with Crippen molar-refractivity contribution >= 4 is 51.7 Å². The van der Waals surface area contributed by atoms with Crippen molar-refractivity contribution in [2.24, 2.45) is 4.99 Å². The number of benzene rings is 3. The highest BCUT2D eigenvalue weighted by molar-refractivity contribution is 7.99. The molecule has 1 amide bonds. The number of furan rings is 1. The molecule has 4 heterocycles. The fourth-order valence-corrected chi connectivity index (χ4v) is 7.08. The lowest BCUT2D eigenvalue weighted by Crippen LogP contribution is -2.40. The Labute approximate surface area is 254 Å². The monoisotopic (exact) mass is 600 g/mol. The van der Waals surface area contributed by atoms with Crippen molar-refractivity contribution in [3.05, 3.63) is 152 Å². The summed E-state index contributed by atoms with van der Waals surface area (Å²) in [7, 11) is 0. The standard InChI is InChI=1S/C34H24N4O3S2/c1-21-29(32(39)37-24-14-6-3-7-15-24)31(23-10-4-2-5-11-23)38-33(40)27(43-34(38)36-21)20-25-17-18-28(41-25)42-26-16-8-12-22-13-9-19-35-30(22)26/h2-20,31H,1H3,(H,37,39)/b27-20-/t31-/m0/s1. The molecule has 0 fully saturated rings. The Morgan fingerprint density at radius 1 is 0.953 bits per heavy atom. The van der Waals surface area contributed by atoms with Gasteiger partial charge in [-0.05, 0) is 60.6 Å². The lowest BCUT2D eigenvalue weighted by atomic mass is 9.95. The van der Waals surface area contributed by atoms with Crippen molar-refractivity contribution < 1.29 is 9.21 Å². The van der Waals surface area contributed by atoms with Crippen molar-refractivity contribution in [3.63, 3.8) is 0 Å². The molecule has 0 saturated heterocycles. The first-order valence-corrected chi connectivity index (χ1v) is 15.2. The maximum atomic E-state index is 14.0. The maximum Gasteiger partial charge on any atom is 0.271 e. The zero-order valence-corrected chi connectivity index (χ0v) is 24.6. The quantitative estimate of drug-likeness (QED) is 0.247. The number of thiazole rings is 1. The molecular formula is C34H24N4O3S2. The van der Waals surface area contributed by atoms with Gasteiger partial charge in [0.05, 0.1) is 27.4 Å². The van der Waals surface area contributed by atoms with Crippen LogP contribution in [0.3, 0.4) is 0 Å². The number of hydrogen-bond donors (Lipinski definition) is 1. The molecule has 43 heavy (non-hydrogen) atoms. The molecule has 1 aliphatic heterocycles. The van der Waals surface area contributed by atoms with Crippen LogP contribution < -0.4 is 20.2 Å². The number of nitrogens with one attached hydrogen (secondary N) is 1. The summed E-state index contributed by atoms with van der Waals surface area (Å²) in [5.74, 6) is 0.251. The molecule has 0 spiro atoms. The Morgan fingerprint density at radius 3 is 2.53 bits per heavy atom. The number of anilines is 1. The molecule has 0 saturated carbocycles. The van der Waals surface area contributed by atoms with Crippen LogP contribution in [0.15, 0.2) is 145 Å². The molecule has 9 heteroatoms. The van der Waals surface area contributed by atoms with E-state index in [1.54, 1.807) is 16.8 Å². The highest BCUT2D eigenvalue weighted by Gasteiger charge is 2.32. The van der Waals surface area contributed by atoms with Crippen LogP contribution in [0.2, 0.25) is 0 Å². The Morgan fingerprint density at radius 2 is 1.72 bits per heavy atom. The fraction of sp³-hybridized carbons (Fsp3) is 0.0588. The maximum absolute atomic E-state index is 14.0. The molecule has 210 valence electrons. The number of amides is 1. The molecule has 7 rings (SSSR count). The van der Waals surface area contributed by atoms with Crippen LogP contribution in [0, 0.1) is 0 Å². The highest BCUT2D eigenvalue weighted by atomic mass is 32.2. The summed E-state index contributed by atoms with van der Waals surface area (Å²) in [6, 6.07) is 31.9. The van der Waals surface area contributed by atoms with E-state index in [0.717, 1.165) is 21.4 Å². The average molecular weight is 601 g/mol. The number of para-hydroxylation sites is 2. The van der Waals surface area contributed by atoms with E-state index in [0.29, 0.717) is 37.1 Å².